The summed E-state index contributed by atoms with van der Waals surface area (Å²) >= 11 is 0. The number of hydrazine groups is 1. The summed E-state index contributed by atoms with van der Waals surface area (Å²) in [5.74, 6) is -0.558. The van der Waals surface area contributed by atoms with Crippen LogP contribution in [0.1, 0.15) is 17.3 Å². The van der Waals surface area contributed by atoms with Gasteiger partial charge in [-0.05, 0) is 49.4 Å². The number of nitrogens with one attached hydrogen (secondary N) is 2. The van der Waals surface area contributed by atoms with Gasteiger partial charge in [0.15, 0.2) is 6.10 Å². The Morgan fingerprint density at radius 1 is 1.04 bits per heavy atom. The minimum atomic E-state index is -0.874. The van der Waals surface area contributed by atoms with E-state index in [2.05, 4.69) is 10.9 Å². The Bertz CT molecular complexity index is 719. The summed E-state index contributed by atoms with van der Waals surface area (Å²) in [6.07, 6.45) is -0.874. The maximum absolute atomic E-state index is 12.8. The number of hydrogen-bond donors (Lipinski definition) is 2. The Hall–Kier alpha value is -3.09. The SMILES string of the molecule is COc1cccc(C(=O)NNC(=O)[C@@H](C)Oc2ccc(F)cc2)c1. The van der Waals surface area contributed by atoms with E-state index < -0.39 is 23.7 Å². The molecule has 0 aliphatic carbocycles. The fourth-order valence-electron chi connectivity index (χ4n) is 1.83. The predicted molar refractivity (Wildman–Crippen MR) is 85.1 cm³/mol. The molecule has 1 atom stereocenters. The van der Waals surface area contributed by atoms with Crippen molar-refractivity contribution < 1.29 is 23.5 Å². The number of carbonyl (C=O) groups is 2. The van der Waals surface area contributed by atoms with Crippen molar-refractivity contribution in [1.82, 2.24) is 10.9 Å². The fourth-order valence-corrected chi connectivity index (χ4v) is 1.83. The molecule has 0 fully saturated rings. The molecule has 0 radical (unpaired) electrons. The van der Waals surface area contributed by atoms with E-state index in [9.17, 15) is 14.0 Å². The minimum Gasteiger partial charge on any atom is -0.497 e. The average Bonchev–Trinajstić information content (AvgIpc) is 2.61. The van der Waals surface area contributed by atoms with Gasteiger partial charge in [0.25, 0.3) is 11.8 Å². The Kier molecular flexibility index (Phi) is 5.73. The lowest BCUT2D eigenvalue weighted by atomic mass is 10.2. The highest BCUT2D eigenvalue weighted by atomic mass is 19.1. The quantitative estimate of drug-likeness (QED) is 0.822. The molecule has 126 valence electrons. The Morgan fingerprint density at radius 3 is 2.42 bits per heavy atom. The number of amides is 2. The maximum Gasteiger partial charge on any atom is 0.279 e. The molecule has 0 saturated carbocycles. The zero-order valence-electron chi connectivity index (χ0n) is 13.2. The van der Waals surface area contributed by atoms with E-state index in [0.717, 1.165) is 0 Å². The molecule has 2 N–H and O–H groups in total. The van der Waals surface area contributed by atoms with Gasteiger partial charge in [0.05, 0.1) is 7.11 Å². The topological polar surface area (TPSA) is 76.7 Å². The molecule has 0 heterocycles. The number of halogens is 1. The molecular weight excluding hydrogens is 315 g/mol. The van der Waals surface area contributed by atoms with Crippen LogP contribution in [0.2, 0.25) is 0 Å². The zero-order valence-corrected chi connectivity index (χ0v) is 13.2. The second-order valence-electron chi connectivity index (χ2n) is 4.89. The second kappa shape index (κ2) is 7.96. The fraction of sp³-hybridized carbons (Fsp3) is 0.176. The largest absolute Gasteiger partial charge is 0.497 e. The third kappa shape index (κ3) is 4.70. The highest BCUT2D eigenvalue weighted by Crippen LogP contribution is 2.13. The first kappa shape index (κ1) is 17.3. The van der Waals surface area contributed by atoms with Crippen LogP contribution in [0, 0.1) is 5.82 Å². The normalized spacial score (nSPS) is 11.3. The smallest absolute Gasteiger partial charge is 0.279 e. The van der Waals surface area contributed by atoms with Crippen molar-refractivity contribution in [1.29, 1.82) is 0 Å². The van der Waals surface area contributed by atoms with E-state index >= 15 is 0 Å². The number of carbonyl (C=O) groups excluding carboxylic acids is 2. The molecule has 0 spiro atoms. The lowest BCUT2D eigenvalue weighted by Crippen LogP contribution is -2.47. The van der Waals surface area contributed by atoms with Gasteiger partial charge in [0, 0.05) is 5.56 Å². The molecule has 2 aromatic rings. The molecule has 2 aromatic carbocycles. The van der Waals surface area contributed by atoms with Gasteiger partial charge in [-0.25, -0.2) is 4.39 Å². The van der Waals surface area contributed by atoms with Crippen molar-refractivity contribution in [3.8, 4) is 11.5 Å². The molecule has 0 bridgehead atoms. The molecule has 0 unspecified atom stereocenters. The van der Waals surface area contributed by atoms with Crippen LogP contribution in [0.25, 0.3) is 0 Å². The van der Waals surface area contributed by atoms with Crippen molar-refractivity contribution in [3.05, 3.63) is 59.9 Å². The monoisotopic (exact) mass is 332 g/mol. The van der Waals surface area contributed by atoms with Gasteiger partial charge in [-0.3, -0.25) is 20.4 Å². The summed E-state index contributed by atoms with van der Waals surface area (Å²) < 4.78 is 23.2. The van der Waals surface area contributed by atoms with Crippen LogP contribution in [0.3, 0.4) is 0 Å². The summed E-state index contributed by atoms with van der Waals surface area (Å²) in [5, 5.41) is 0. The molecule has 0 aromatic heterocycles. The van der Waals surface area contributed by atoms with Crippen molar-refractivity contribution in [2.24, 2.45) is 0 Å². The van der Waals surface area contributed by atoms with Gasteiger partial charge in [-0.15, -0.1) is 0 Å². The highest BCUT2D eigenvalue weighted by Gasteiger charge is 2.16. The van der Waals surface area contributed by atoms with E-state index in [1.165, 1.54) is 38.3 Å². The van der Waals surface area contributed by atoms with Crippen LogP contribution in [-0.2, 0) is 4.79 Å². The van der Waals surface area contributed by atoms with Crippen LogP contribution in [-0.4, -0.2) is 25.0 Å². The number of ether oxygens (including phenoxy) is 2. The maximum atomic E-state index is 12.8. The number of methoxy groups -OCH3 is 1. The zero-order chi connectivity index (χ0) is 17.5. The van der Waals surface area contributed by atoms with Crippen LogP contribution in [0.4, 0.5) is 4.39 Å². The lowest BCUT2D eigenvalue weighted by Gasteiger charge is -2.15. The van der Waals surface area contributed by atoms with E-state index in [-0.39, 0.29) is 0 Å². The third-order valence-electron chi connectivity index (χ3n) is 3.13. The molecular formula is C17H17FN2O4. The molecule has 2 rings (SSSR count). The Labute approximate surface area is 138 Å². The average molecular weight is 332 g/mol. The number of rotatable bonds is 5. The molecule has 24 heavy (non-hydrogen) atoms. The molecule has 0 aliphatic rings. The minimum absolute atomic E-state index is 0.335. The van der Waals surface area contributed by atoms with Crippen molar-refractivity contribution in [2.75, 3.05) is 7.11 Å². The van der Waals surface area contributed by atoms with E-state index in [1.807, 2.05) is 0 Å². The van der Waals surface area contributed by atoms with E-state index in [4.69, 9.17) is 9.47 Å². The van der Waals surface area contributed by atoms with Gasteiger partial charge in [0.1, 0.15) is 17.3 Å². The molecule has 2 amide bonds. The first-order valence-electron chi connectivity index (χ1n) is 7.16. The Balaban J connectivity index is 1.87. The summed E-state index contributed by atoms with van der Waals surface area (Å²) in [6, 6.07) is 11.8. The summed E-state index contributed by atoms with van der Waals surface area (Å²) in [7, 11) is 1.49. The van der Waals surface area contributed by atoms with Gasteiger partial charge in [-0.2, -0.15) is 0 Å². The first-order chi connectivity index (χ1) is 11.5. The van der Waals surface area contributed by atoms with Gasteiger partial charge in [0.2, 0.25) is 0 Å². The molecule has 6 nitrogen and oxygen atoms in total. The molecule has 7 heteroatoms. The summed E-state index contributed by atoms with van der Waals surface area (Å²) in [5.41, 5.74) is 4.90. The summed E-state index contributed by atoms with van der Waals surface area (Å²) in [6.45, 7) is 1.51. The molecule has 0 saturated heterocycles. The second-order valence-corrected chi connectivity index (χ2v) is 4.89. The molecule has 0 aliphatic heterocycles. The number of benzene rings is 2. The van der Waals surface area contributed by atoms with Gasteiger partial charge < -0.3 is 9.47 Å². The van der Waals surface area contributed by atoms with Crippen molar-refractivity contribution >= 4 is 11.8 Å². The third-order valence-corrected chi connectivity index (χ3v) is 3.13. The van der Waals surface area contributed by atoms with Crippen molar-refractivity contribution in [2.45, 2.75) is 13.0 Å². The highest BCUT2D eigenvalue weighted by molar-refractivity contribution is 5.96. The van der Waals surface area contributed by atoms with Gasteiger partial charge in [-0.1, -0.05) is 6.07 Å². The van der Waals surface area contributed by atoms with Crippen LogP contribution >= 0.6 is 0 Å². The van der Waals surface area contributed by atoms with E-state index in [1.54, 1.807) is 24.3 Å². The Morgan fingerprint density at radius 2 is 1.75 bits per heavy atom. The van der Waals surface area contributed by atoms with Gasteiger partial charge >= 0.3 is 0 Å². The van der Waals surface area contributed by atoms with Crippen LogP contribution < -0.4 is 20.3 Å². The first-order valence-corrected chi connectivity index (χ1v) is 7.16. The van der Waals surface area contributed by atoms with Crippen LogP contribution in [0.5, 0.6) is 11.5 Å². The lowest BCUT2D eigenvalue weighted by molar-refractivity contribution is -0.128. The number of hydrogen-bond acceptors (Lipinski definition) is 4. The summed E-state index contributed by atoms with van der Waals surface area (Å²) in [4.78, 5) is 23.9. The van der Waals surface area contributed by atoms with Crippen LogP contribution in [0.15, 0.2) is 48.5 Å². The standard InChI is InChI=1S/C17H17FN2O4/c1-11(24-14-8-6-13(18)7-9-14)16(21)19-20-17(22)12-4-3-5-15(10-12)23-2/h3-11H,1-2H3,(H,19,21)(H,20,22)/t11-/m1/s1. The predicted octanol–water partition coefficient (Wildman–Crippen LogP) is 2.06. The van der Waals surface area contributed by atoms with E-state index in [0.29, 0.717) is 17.1 Å². The van der Waals surface area contributed by atoms with Crippen molar-refractivity contribution in [3.63, 3.8) is 0 Å².